The van der Waals surface area contributed by atoms with Crippen molar-refractivity contribution >= 4 is 24.9 Å². The third kappa shape index (κ3) is 5.06. The Morgan fingerprint density at radius 1 is 1.22 bits per heavy atom. The van der Waals surface area contributed by atoms with Crippen molar-refractivity contribution in [3.63, 3.8) is 0 Å². The maximum Gasteiger partial charge on any atom is 0.492 e. The summed E-state index contributed by atoms with van der Waals surface area (Å²) >= 11 is 0. The molecule has 6 nitrogen and oxygen atoms in total. The molecule has 1 aromatic carbocycles. The van der Waals surface area contributed by atoms with Gasteiger partial charge in [-0.2, -0.15) is 5.26 Å². The molecule has 1 aliphatic rings. The highest BCUT2D eigenvalue weighted by atomic mass is 16.7. The van der Waals surface area contributed by atoms with Crippen molar-refractivity contribution in [2.75, 3.05) is 6.54 Å². The molecular formula is C20H25BN2O4. The molecule has 27 heavy (non-hydrogen) atoms. The molecule has 2 rings (SSSR count). The summed E-state index contributed by atoms with van der Waals surface area (Å²) < 4.78 is 12.2. The lowest BCUT2D eigenvalue weighted by Crippen LogP contribution is -2.41. The first kappa shape index (κ1) is 20.9. The molecule has 0 spiro atoms. The van der Waals surface area contributed by atoms with Gasteiger partial charge in [-0.3, -0.25) is 9.59 Å². The number of nitriles is 1. The van der Waals surface area contributed by atoms with Crippen molar-refractivity contribution in [3.05, 3.63) is 40.9 Å². The van der Waals surface area contributed by atoms with Gasteiger partial charge in [-0.05, 0) is 44.8 Å². The Balaban J connectivity index is 2.35. The quantitative estimate of drug-likeness (QED) is 0.616. The summed E-state index contributed by atoms with van der Waals surface area (Å²) in [4.78, 5) is 23.4. The number of nitrogens with one attached hydrogen (secondary N) is 1. The van der Waals surface area contributed by atoms with Gasteiger partial charge >= 0.3 is 7.12 Å². The maximum atomic E-state index is 12.0. The second-order valence-corrected chi connectivity index (χ2v) is 7.60. The number of ketones is 1. The minimum absolute atomic E-state index is 0.157. The lowest BCUT2D eigenvalue weighted by atomic mass is 9.77. The summed E-state index contributed by atoms with van der Waals surface area (Å²) in [6.07, 6.45) is 1.68. The SMILES string of the molecule is CC(=O)NCC(=Cc1cccc(C(=O)CC#N)c1)B1OC(C)(C)C(C)(C)O1. The van der Waals surface area contributed by atoms with Crippen LogP contribution in [0.2, 0.25) is 0 Å². The van der Waals surface area contributed by atoms with Crippen molar-refractivity contribution in [1.82, 2.24) is 5.32 Å². The van der Waals surface area contributed by atoms with E-state index in [1.807, 2.05) is 45.9 Å². The topological polar surface area (TPSA) is 88.4 Å². The molecular weight excluding hydrogens is 343 g/mol. The van der Waals surface area contributed by atoms with Crippen molar-refractivity contribution in [1.29, 1.82) is 5.26 Å². The zero-order valence-corrected chi connectivity index (χ0v) is 16.5. The second kappa shape index (κ2) is 8.07. The van der Waals surface area contributed by atoms with Crippen LogP contribution in [0.3, 0.4) is 0 Å². The van der Waals surface area contributed by atoms with Gasteiger partial charge in [-0.25, -0.2) is 0 Å². The van der Waals surface area contributed by atoms with E-state index in [9.17, 15) is 9.59 Å². The van der Waals surface area contributed by atoms with Crippen LogP contribution in [0.1, 0.15) is 57.0 Å². The first-order valence-corrected chi connectivity index (χ1v) is 8.86. The van der Waals surface area contributed by atoms with Crippen LogP contribution in [0.15, 0.2) is 29.7 Å². The molecule has 1 saturated heterocycles. The van der Waals surface area contributed by atoms with Gasteiger partial charge in [0.15, 0.2) is 5.78 Å². The summed E-state index contributed by atoms with van der Waals surface area (Å²) in [5.41, 5.74) is 0.982. The molecule has 1 heterocycles. The summed E-state index contributed by atoms with van der Waals surface area (Å²) in [6, 6.07) is 8.88. The fourth-order valence-corrected chi connectivity index (χ4v) is 2.61. The Hall–Kier alpha value is -2.43. The molecule has 0 unspecified atom stereocenters. The lowest BCUT2D eigenvalue weighted by molar-refractivity contribution is -0.118. The van der Waals surface area contributed by atoms with E-state index in [1.54, 1.807) is 18.2 Å². The second-order valence-electron chi connectivity index (χ2n) is 7.60. The van der Waals surface area contributed by atoms with Gasteiger partial charge in [-0.15, -0.1) is 0 Å². The highest BCUT2D eigenvalue weighted by molar-refractivity contribution is 6.56. The molecule has 1 fully saturated rings. The number of carbonyl (C=O) groups excluding carboxylic acids is 2. The summed E-state index contributed by atoms with van der Waals surface area (Å²) in [7, 11) is -0.611. The third-order valence-electron chi connectivity index (χ3n) is 4.90. The number of carbonyl (C=O) groups is 2. The fourth-order valence-electron chi connectivity index (χ4n) is 2.61. The van der Waals surface area contributed by atoms with Gasteiger partial charge in [0.05, 0.1) is 23.7 Å². The molecule has 0 radical (unpaired) electrons. The average molecular weight is 368 g/mol. The van der Waals surface area contributed by atoms with E-state index in [0.717, 1.165) is 11.0 Å². The largest absolute Gasteiger partial charge is 0.492 e. The Morgan fingerprint density at radius 2 is 1.85 bits per heavy atom. The van der Waals surface area contributed by atoms with E-state index < -0.39 is 18.3 Å². The van der Waals surface area contributed by atoms with E-state index in [2.05, 4.69) is 5.32 Å². The minimum Gasteiger partial charge on any atom is -0.400 e. The summed E-state index contributed by atoms with van der Waals surface area (Å²) in [5.74, 6) is -0.387. The van der Waals surface area contributed by atoms with Gasteiger partial charge in [0.2, 0.25) is 5.91 Å². The average Bonchev–Trinajstić information content (AvgIpc) is 2.79. The van der Waals surface area contributed by atoms with E-state index >= 15 is 0 Å². The Morgan fingerprint density at radius 3 is 2.41 bits per heavy atom. The molecule has 0 atom stereocenters. The highest BCUT2D eigenvalue weighted by Gasteiger charge is 2.52. The molecule has 1 N–H and O–H groups in total. The van der Waals surface area contributed by atoms with E-state index in [0.29, 0.717) is 5.56 Å². The monoisotopic (exact) mass is 368 g/mol. The van der Waals surface area contributed by atoms with Crippen LogP contribution < -0.4 is 5.32 Å². The summed E-state index contributed by atoms with van der Waals surface area (Å²) in [6.45, 7) is 9.56. The molecule has 0 aromatic heterocycles. The number of rotatable bonds is 6. The van der Waals surface area contributed by atoms with Crippen LogP contribution in [0.4, 0.5) is 0 Å². The van der Waals surface area contributed by atoms with E-state index in [4.69, 9.17) is 14.6 Å². The Kier molecular flexibility index (Phi) is 6.24. The van der Waals surface area contributed by atoms with Gasteiger partial charge in [0, 0.05) is 19.0 Å². The number of hydrogen-bond donors (Lipinski definition) is 1. The van der Waals surface area contributed by atoms with Gasteiger partial charge < -0.3 is 14.6 Å². The van der Waals surface area contributed by atoms with Crippen LogP contribution in [0, 0.1) is 11.3 Å². The first-order chi connectivity index (χ1) is 12.6. The van der Waals surface area contributed by atoms with Crippen molar-refractivity contribution < 1.29 is 18.9 Å². The number of amides is 1. The molecule has 1 aromatic rings. The van der Waals surface area contributed by atoms with Gasteiger partial charge in [-0.1, -0.05) is 24.3 Å². The fraction of sp³-hybridized carbons (Fsp3) is 0.450. The zero-order chi connectivity index (χ0) is 20.2. The van der Waals surface area contributed by atoms with Crippen LogP contribution in [-0.4, -0.2) is 36.6 Å². The van der Waals surface area contributed by atoms with Crippen molar-refractivity contribution in [2.24, 2.45) is 0 Å². The highest BCUT2D eigenvalue weighted by Crippen LogP contribution is 2.38. The number of Topliss-reactive ketones (excluding diaryl/α,β-unsaturated/α-hetero) is 1. The molecule has 142 valence electrons. The number of nitrogens with zero attached hydrogens (tertiary/aromatic N) is 1. The zero-order valence-electron chi connectivity index (χ0n) is 16.5. The maximum absolute atomic E-state index is 12.0. The van der Waals surface area contributed by atoms with E-state index in [-0.39, 0.29) is 24.7 Å². The van der Waals surface area contributed by atoms with Crippen molar-refractivity contribution in [2.45, 2.75) is 52.2 Å². The Bertz CT molecular complexity index is 792. The molecule has 0 bridgehead atoms. The van der Waals surface area contributed by atoms with Gasteiger partial charge in [0.25, 0.3) is 0 Å². The minimum atomic E-state index is -0.611. The van der Waals surface area contributed by atoms with Crippen LogP contribution in [0.5, 0.6) is 0 Å². The van der Waals surface area contributed by atoms with Crippen LogP contribution >= 0.6 is 0 Å². The van der Waals surface area contributed by atoms with Gasteiger partial charge in [0.1, 0.15) is 0 Å². The smallest absolute Gasteiger partial charge is 0.400 e. The van der Waals surface area contributed by atoms with E-state index in [1.165, 1.54) is 6.92 Å². The third-order valence-corrected chi connectivity index (χ3v) is 4.90. The number of benzene rings is 1. The standard InChI is InChI=1S/C20H25BN2O4/c1-14(24)23-13-17(21-26-19(2,3)20(4,5)27-21)12-15-7-6-8-16(11-15)18(25)9-10-22/h6-8,11-12H,9,13H2,1-5H3,(H,23,24). The molecule has 1 aliphatic heterocycles. The predicted octanol–water partition coefficient (Wildman–Crippen LogP) is 2.93. The lowest BCUT2D eigenvalue weighted by Gasteiger charge is -2.32. The Labute approximate surface area is 160 Å². The summed E-state index contributed by atoms with van der Waals surface area (Å²) in [5, 5.41) is 11.5. The molecule has 0 aliphatic carbocycles. The normalized spacial score (nSPS) is 18.1. The predicted molar refractivity (Wildman–Crippen MR) is 104 cm³/mol. The number of hydrogen-bond acceptors (Lipinski definition) is 5. The van der Waals surface area contributed by atoms with Crippen molar-refractivity contribution in [3.8, 4) is 6.07 Å². The molecule has 7 heteroatoms. The van der Waals surface area contributed by atoms with Crippen LogP contribution in [0.25, 0.3) is 6.08 Å². The molecule has 0 saturated carbocycles. The molecule has 1 amide bonds. The van der Waals surface area contributed by atoms with Crippen LogP contribution in [-0.2, 0) is 14.1 Å². The first-order valence-electron chi connectivity index (χ1n) is 8.86.